The molecule has 0 aliphatic heterocycles. The monoisotopic (exact) mass is 654 g/mol. The topological polar surface area (TPSA) is 42.4 Å². The van der Waals surface area contributed by atoms with E-state index < -0.39 is 0 Å². The summed E-state index contributed by atoms with van der Waals surface area (Å²) in [6, 6.07) is 63.6. The summed E-state index contributed by atoms with van der Waals surface area (Å²) in [5.41, 5.74) is 12.2. The predicted molar refractivity (Wildman–Crippen MR) is 210 cm³/mol. The number of hydrogen-bond donors (Lipinski definition) is 0. The zero-order valence-electron chi connectivity index (χ0n) is 27.5. The molecule has 4 nitrogen and oxygen atoms in total. The Hall–Kier alpha value is -6.91. The number of fused-ring (bicyclic) bond motifs is 6. The molecule has 0 N–H and O–H groups in total. The van der Waals surface area contributed by atoms with Gasteiger partial charge in [0.25, 0.3) is 0 Å². The maximum atomic E-state index is 6.53. The van der Waals surface area contributed by atoms with E-state index in [1.807, 2.05) is 36.4 Å². The number of furan rings is 1. The number of anilines is 3. The summed E-state index contributed by atoms with van der Waals surface area (Å²) in [7, 11) is 0. The van der Waals surface area contributed by atoms with Crippen molar-refractivity contribution in [3.05, 3.63) is 182 Å². The maximum absolute atomic E-state index is 6.53. The first-order valence-electron chi connectivity index (χ1n) is 17.1. The van der Waals surface area contributed by atoms with Crippen molar-refractivity contribution >= 4 is 60.9 Å². The second-order valence-corrected chi connectivity index (χ2v) is 12.8. The molecule has 0 spiro atoms. The summed E-state index contributed by atoms with van der Waals surface area (Å²) < 4.78 is 12.6. The molecule has 0 saturated carbocycles. The summed E-state index contributed by atoms with van der Waals surface area (Å²) in [6.45, 7) is 0. The first kappa shape index (κ1) is 29.0. The lowest BCUT2D eigenvalue weighted by Gasteiger charge is -2.26. The van der Waals surface area contributed by atoms with E-state index >= 15 is 0 Å². The van der Waals surface area contributed by atoms with Gasteiger partial charge in [0.15, 0.2) is 5.58 Å². The maximum Gasteiger partial charge on any atom is 0.227 e. The van der Waals surface area contributed by atoms with Gasteiger partial charge in [-0.15, -0.1) is 0 Å². The SMILES string of the molecule is c1ccc(-c2ccc(N(c3ccc(-c4ccccc4)cc3)c3ccc4c(ccc5c6cc(-c7nc8ccccc8o7)ccc6oc45)c3)cc2)cc1. The Morgan fingerprint density at radius 2 is 0.941 bits per heavy atom. The molecule has 240 valence electrons. The van der Waals surface area contributed by atoms with E-state index in [4.69, 9.17) is 13.8 Å². The van der Waals surface area contributed by atoms with Crippen LogP contribution in [0.5, 0.6) is 0 Å². The highest BCUT2D eigenvalue weighted by atomic mass is 16.3. The molecule has 0 bridgehead atoms. The van der Waals surface area contributed by atoms with Crippen molar-refractivity contribution < 1.29 is 8.83 Å². The van der Waals surface area contributed by atoms with E-state index in [0.29, 0.717) is 5.89 Å². The van der Waals surface area contributed by atoms with Crippen LogP contribution in [0, 0.1) is 0 Å². The Kier molecular flexibility index (Phi) is 6.78. The average molecular weight is 655 g/mol. The van der Waals surface area contributed by atoms with Crippen LogP contribution in [0.4, 0.5) is 17.1 Å². The molecule has 0 radical (unpaired) electrons. The minimum atomic E-state index is 0.603. The second kappa shape index (κ2) is 11.9. The van der Waals surface area contributed by atoms with Gasteiger partial charge in [0.1, 0.15) is 16.7 Å². The molecule has 2 aromatic heterocycles. The van der Waals surface area contributed by atoms with E-state index in [1.54, 1.807) is 0 Å². The van der Waals surface area contributed by atoms with E-state index in [2.05, 4.69) is 150 Å². The molecule has 0 amide bonds. The molecule has 10 aromatic rings. The van der Waals surface area contributed by atoms with Gasteiger partial charge in [-0.25, -0.2) is 4.98 Å². The van der Waals surface area contributed by atoms with Gasteiger partial charge in [-0.3, -0.25) is 0 Å². The lowest BCUT2D eigenvalue weighted by atomic mass is 10.0. The van der Waals surface area contributed by atoms with Crippen LogP contribution < -0.4 is 4.90 Å². The molecule has 0 unspecified atom stereocenters. The number of oxazole rings is 1. The number of nitrogens with zero attached hydrogens (tertiary/aromatic N) is 2. The van der Waals surface area contributed by atoms with E-state index in [0.717, 1.165) is 66.4 Å². The number of benzene rings is 8. The zero-order chi connectivity index (χ0) is 33.7. The molecule has 0 aliphatic rings. The molecule has 51 heavy (non-hydrogen) atoms. The number of hydrogen-bond acceptors (Lipinski definition) is 4. The van der Waals surface area contributed by atoms with Crippen LogP contribution >= 0.6 is 0 Å². The fourth-order valence-electron chi connectivity index (χ4n) is 7.13. The lowest BCUT2D eigenvalue weighted by molar-refractivity contribution is 0.620. The highest BCUT2D eigenvalue weighted by molar-refractivity contribution is 6.16. The van der Waals surface area contributed by atoms with Gasteiger partial charge in [0, 0.05) is 38.8 Å². The fraction of sp³-hybridized carbons (Fsp3) is 0. The molecule has 10 rings (SSSR count). The summed E-state index contributed by atoms with van der Waals surface area (Å²) in [6.07, 6.45) is 0. The second-order valence-electron chi connectivity index (χ2n) is 12.8. The fourth-order valence-corrected chi connectivity index (χ4v) is 7.13. The number of aromatic nitrogens is 1. The van der Waals surface area contributed by atoms with Crippen molar-refractivity contribution in [2.24, 2.45) is 0 Å². The lowest BCUT2D eigenvalue weighted by Crippen LogP contribution is -2.09. The van der Waals surface area contributed by atoms with Gasteiger partial charge < -0.3 is 13.7 Å². The van der Waals surface area contributed by atoms with Gasteiger partial charge in [-0.05, 0) is 107 Å². The van der Waals surface area contributed by atoms with Gasteiger partial charge in [0.2, 0.25) is 5.89 Å². The Balaban J connectivity index is 1.07. The Morgan fingerprint density at radius 1 is 0.373 bits per heavy atom. The minimum Gasteiger partial charge on any atom is -0.455 e. The standard InChI is InChI=1S/C47H30N2O2/c1-3-9-31(10-4-1)33-15-21-37(22-16-33)49(38-23-17-34(18-24-38)32-11-5-2-6-12-32)39-25-27-40-35(29-39)19-26-41-42-30-36(20-28-44(42)50-46(40)41)47-48-43-13-7-8-14-45(43)51-47/h1-30H. The van der Waals surface area contributed by atoms with Crippen LogP contribution in [-0.4, -0.2) is 4.98 Å². The van der Waals surface area contributed by atoms with Crippen molar-refractivity contribution in [2.45, 2.75) is 0 Å². The van der Waals surface area contributed by atoms with Crippen LogP contribution in [0.1, 0.15) is 0 Å². The van der Waals surface area contributed by atoms with Gasteiger partial charge in [-0.2, -0.15) is 0 Å². The molecule has 8 aromatic carbocycles. The van der Waals surface area contributed by atoms with Gasteiger partial charge in [0.05, 0.1) is 0 Å². The zero-order valence-corrected chi connectivity index (χ0v) is 27.5. The van der Waals surface area contributed by atoms with Crippen LogP contribution in [0.25, 0.3) is 77.5 Å². The van der Waals surface area contributed by atoms with Crippen molar-refractivity contribution in [3.63, 3.8) is 0 Å². The van der Waals surface area contributed by atoms with Crippen molar-refractivity contribution in [1.82, 2.24) is 4.98 Å². The van der Waals surface area contributed by atoms with Crippen LogP contribution in [0.3, 0.4) is 0 Å². The third-order valence-electron chi connectivity index (χ3n) is 9.70. The first-order valence-corrected chi connectivity index (χ1v) is 17.1. The van der Waals surface area contributed by atoms with Gasteiger partial charge in [-0.1, -0.05) is 103 Å². The van der Waals surface area contributed by atoms with Crippen LogP contribution in [0.15, 0.2) is 191 Å². The Labute approximate surface area is 294 Å². The molecule has 0 aliphatic carbocycles. The van der Waals surface area contributed by atoms with E-state index in [9.17, 15) is 0 Å². The quantitative estimate of drug-likeness (QED) is 0.179. The smallest absolute Gasteiger partial charge is 0.227 e. The summed E-state index contributed by atoms with van der Waals surface area (Å²) in [4.78, 5) is 7.04. The van der Waals surface area contributed by atoms with E-state index in [1.165, 1.54) is 22.3 Å². The van der Waals surface area contributed by atoms with Crippen molar-refractivity contribution in [2.75, 3.05) is 4.90 Å². The molecular weight excluding hydrogens is 625 g/mol. The molecule has 2 heterocycles. The molecular formula is C47H30N2O2. The summed E-state index contributed by atoms with van der Waals surface area (Å²) >= 11 is 0. The molecule has 0 atom stereocenters. The highest BCUT2D eigenvalue weighted by Crippen LogP contribution is 2.41. The largest absolute Gasteiger partial charge is 0.455 e. The third-order valence-corrected chi connectivity index (χ3v) is 9.70. The molecule has 0 saturated heterocycles. The first-order chi connectivity index (χ1) is 25.2. The third kappa shape index (κ3) is 5.13. The average Bonchev–Trinajstić information content (AvgIpc) is 3.81. The number of rotatable bonds is 6. The normalized spacial score (nSPS) is 11.5. The Bertz CT molecular complexity index is 2720. The van der Waals surface area contributed by atoms with Crippen LogP contribution in [-0.2, 0) is 0 Å². The van der Waals surface area contributed by atoms with Crippen LogP contribution in [0.2, 0.25) is 0 Å². The molecule has 0 fully saturated rings. The summed E-state index contributed by atoms with van der Waals surface area (Å²) in [5, 5.41) is 4.27. The molecule has 4 heteroatoms. The van der Waals surface area contributed by atoms with Gasteiger partial charge >= 0.3 is 0 Å². The van der Waals surface area contributed by atoms with E-state index in [-0.39, 0.29) is 0 Å². The Morgan fingerprint density at radius 3 is 1.61 bits per heavy atom. The minimum absolute atomic E-state index is 0.603. The van der Waals surface area contributed by atoms with Crippen molar-refractivity contribution in [3.8, 4) is 33.7 Å². The highest BCUT2D eigenvalue weighted by Gasteiger charge is 2.17. The van der Waals surface area contributed by atoms with Crippen molar-refractivity contribution in [1.29, 1.82) is 0 Å². The number of para-hydroxylation sites is 2. The predicted octanol–water partition coefficient (Wildman–Crippen LogP) is 13.4. The summed E-state index contributed by atoms with van der Waals surface area (Å²) in [5.74, 6) is 0.603.